The van der Waals surface area contributed by atoms with Gasteiger partial charge in [0.15, 0.2) is 4.34 Å². The predicted octanol–water partition coefficient (Wildman–Crippen LogP) is 2.62. The molecule has 1 aliphatic rings. The fourth-order valence-electron chi connectivity index (χ4n) is 2.26. The van der Waals surface area contributed by atoms with E-state index >= 15 is 0 Å². The molecule has 2 N–H and O–H groups in total. The number of nitrogens with one attached hydrogen (secondary N) is 2. The van der Waals surface area contributed by atoms with Gasteiger partial charge in [0.25, 0.3) is 0 Å². The van der Waals surface area contributed by atoms with Gasteiger partial charge in [-0.25, -0.2) is 4.79 Å². The average molecular weight is 363 g/mol. The van der Waals surface area contributed by atoms with Gasteiger partial charge in [-0.05, 0) is 31.5 Å². The Morgan fingerprint density at radius 3 is 3.00 bits per heavy atom. The van der Waals surface area contributed by atoms with Gasteiger partial charge in [-0.15, -0.1) is 10.2 Å². The highest BCUT2D eigenvalue weighted by Gasteiger charge is 2.30. The third-order valence-electron chi connectivity index (χ3n) is 3.42. The number of imide groups is 1. The van der Waals surface area contributed by atoms with Crippen molar-refractivity contribution in [2.75, 3.05) is 18.4 Å². The molecule has 1 aromatic carbocycles. The van der Waals surface area contributed by atoms with Gasteiger partial charge >= 0.3 is 6.03 Å². The van der Waals surface area contributed by atoms with Gasteiger partial charge in [0.1, 0.15) is 0 Å². The number of benzene rings is 1. The number of hydrogen-bond acceptors (Lipinski definition) is 7. The van der Waals surface area contributed by atoms with Gasteiger partial charge in [0, 0.05) is 18.8 Å². The van der Waals surface area contributed by atoms with Crippen molar-refractivity contribution < 1.29 is 9.59 Å². The zero-order valence-corrected chi connectivity index (χ0v) is 14.9. The van der Waals surface area contributed by atoms with Gasteiger partial charge in [-0.3, -0.25) is 9.69 Å². The Bertz CT molecular complexity index is 764. The van der Waals surface area contributed by atoms with Crippen molar-refractivity contribution in [1.82, 2.24) is 20.4 Å². The van der Waals surface area contributed by atoms with Crippen LogP contribution in [0.15, 0.2) is 28.6 Å². The number of carbonyl (C=O) groups excluding carboxylic acids is 2. The van der Waals surface area contributed by atoms with Crippen LogP contribution in [0.25, 0.3) is 0 Å². The van der Waals surface area contributed by atoms with Crippen LogP contribution in [-0.4, -0.2) is 45.4 Å². The number of nitrogens with zero attached hydrogens (tertiary/aromatic N) is 3. The number of thioether (sulfide) groups is 1. The first-order chi connectivity index (χ1) is 11.5. The molecule has 1 aliphatic heterocycles. The molecule has 1 atom stereocenters. The number of anilines is 2. The summed E-state index contributed by atoms with van der Waals surface area (Å²) in [5, 5.41) is 14.3. The van der Waals surface area contributed by atoms with Crippen LogP contribution in [0.2, 0.25) is 0 Å². The highest BCUT2D eigenvalue weighted by Crippen LogP contribution is 2.31. The lowest BCUT2D eigenvalue weighted by molar-refractivity contribution is -0.126. The Morgan fingerprint density at radius 2 is 2.29 bits per heavy atom. The lowest BCUT2D eigenvalue weighted by Crippen LogP contribution is -2.38. The Labute approximate surface area is 147 Å². The molecule has 3 amide bonds. The van der Waals surface area contributed by atoms with Crippen molar-refractivity contribution in [2.24, 2.45) is 0 Å². The number of hydrogen-bond donors (Lipinski definition) is 2. The fourth-order valence-corrected chi connectivity index (χ4v) is 4.24. The van der Waals surface area contributed by atoms with Crippen LogP contribution in [-0.2, 0) is 4.79 Å². The van der Waals surface area contributed by atoms with E-state index in [2.05, 4.69) is 20.8 Å². The van der Waals surface area contributed by atoms with Crippen LogP contribution in [0.5, 0.6) is 0 Å². The van der Waals surface area contributed by atoms with E-state index in [1.54, 1.807) is 6.92 Å². The largest absolute Gasteiger partial charge is 0.336 e. The molecule has 0 spiro atoms. The number of aromatic nitrogens is 2. The highest BCUT2D eigenvalue weighted by atomic mass is 32.2. The van der Waals surface area contributed by atoms with E-state index in [1.165, 1.54) is 28.0 Å². The molecule has 1 saturated heterocycles. The van der Waals surface area contributed by atoms with Crippen LogP contribution in [0.3, 0.4) is 0 Å². The normalized spacial score (nSPS) is 15.2. The first-order valence-electron chi connectivity index (χ1n) is 7.46. The summed E-state index contributed by atoms with van der Waals surface area (Å²) < 4.78 is 0.686. The molecule has 3 rings (SSSR count). The smallest absolute Gasteiger partial charge is 0.324 e. The van der Waals surface area contributed by atoms with E-state index < -0.39 is 5.25 Å². The molecule has 0 radical (unpaired) electrons. The first kappa shape index (κ1) is 16.7. The summed E-state index contributed by atoms with van der Waals surface area (Å²) in [5.41, 5.74) is 2.10. The third-order valence-corrected chi connectivity index (χ3v) is 5.43. The highest BCUT2D eigenvalue weighted by molar-refractivity contribution is 8.02. The molecule has 0 saturated carbocycles. The quantitative estimate of drug-likeness (QED) is 0.794. The topological polar surface area (TPSA) is 87.2 Å². The maximum atomic E-state index is 12.3. The van der Waals surface area contributed by atoms with Crippen molar-refractivity contribution in [3.63, 3.8) is 0 Å². The van der Waals surface area contributed by atoms with E-state index in [-0.39, 0.29) is 11.9 Å². The molecule has 9 heteroatoms. The zero-order valence-electron chi connectivity index (χ0n) is 13.3. The van der Waals surface area contributed by atoms with Crippen LogP contribution < -0.4 is 10.6 Å². The first-order valence-corrected chi connectivity index (χ1v) is 9.15. The summed E-state index contributed by atoms with van der Waals surface area (Å²) in [5.74, 6) is -0.210. The minimum atomic E-state index is -0.395. The van der Waals surface area contributed by atoms with Crippen LogP contribution >= 0.6 is 23.1 Å². The standard InChI is InChI=1S/C15H17N5O2S2/c1-9-4-3-5-11(8-9)17-13-18-19-15(24-13)23-10(2)12(21)20-7-6-16-14(20)22/h3-5,8,10H,6-7H2,1-2H3,(H,16,22)(H,17,18)/t10-/m1/s1. The Kier molecular flexibility index (Phi) is 5.00. The van der Waals surface area contributed by atoms with E-state index in [1.807, 2.05) is 31.2 Å². The monoisotopic (exact) mass is 363 g/mol. The molecular formula is C15H17N5O2S2. The van der Waals surface area contributed by atoms with Crippen molar-refractivity contribution >= 4 is 45.9 Å². The van der Waals surface area contributed by atoms with E-state index in [0.29, 0.717) is 22.6 Å². The van der Waals surface area contributed by atoms with Crippen molar-refractivity contribution in [3.05, 3.63) is 29.8 Å². The van der Waals surface area contributed by atoms with Gasteiger partial charge in [0.05, 0.1) is 5.25 Å². The second-order valence-electron chi connectivity index (χ2n) is 5.35. The van der Waals surface area contributed by atoms with Gasteiger partial charge in [0.2, 0.25) is 11.0 Å². The number of aryl methyl sites for hydroxylation is 1. The number of carbonyl (C=O) groups is 2. The summed E-state index contributed by atoms with van der Waals surface area (Å²) in [6.45, 7) is 4.71. The minimum absolute atomic E-state index is 0.210. The fraction of sp³-hybridized carbons (Fsp3) is 0.333. The lowest BCUT2D eigenvalue weighted by atomic mass is 10.2. The molecular weight excluding hydrogens is 346 g/mol. The molecule has 7 nitrogen and oxygen atoms in total. The predicted molar refractivity (Wildman–Crippen MR) is 94.8 cm³/mol. The van der Waals surface area contributed by atoms with E-state index in [9.17, 15) is 9.59 Å². The number of amides is 3. The maximum Gasteiger partial charge on any atom is 0.324 e. The third kappa shape index (κ3) is 3.85. The van der Waals surface area contributed by atoms with Crippen LogP contribution in [0.1, 0.15) is 12.5 Å². The minimum Gasteiger partial charge on any atom is -0.336 e. The number of urea groups is 1. The molecule has 2 aromatic rings. The van der Waals surface area contributed by atoms with Crippen molar-refractivity contribution in [2.45, 2.75) is 23.4 Å². The lowest BCUT2D eigenvalue weighted by Gasteiger charge is -2.16. The maximum absolute atomic E-state index is 12.3. The molecule has 1 aromatic heterocycles. The number of rotatable bonds is 5. The molecule has 0 aliphatic carbocycles. The molecule has 126 valence electrons. The van der Waals surface area contributed by atoms with E-state index in [4.69, 9.17) is 0 Å². The molecule has 2 heterocycles. The summed E-state index contributed by atoms with van der Waals surface area (Å²) >= 11 is 2.69. The van der Waals surface area contributed by atoms with Crippen molar-refractivity contribution in [1.29, 1.82) is 0 Å². The Balaban J connectivity index is 1.61. The summed E-state index contributed by atoms with van der Waals surface area (Å²) in [4.78, 5) is 25.1. The summed E-state index contributed by atoms with van der Waals surface area (Å²) in [7, 11) is 0. The van der Waals surface area contributed by atoms with Gasteiger partial charge < -0.3 is 10.6 Å². The van der Waals surface area contributed by atoms with Gasteiger partial charge in [-0.1, -0.05) is 35.2 Å². The second-order valence-corrected chi connectivity index (χ2v) is 7.91. The Morgan fingerprint density at radius 1 is 1.46 bits per heavy atom. The van der Waals surface area contributed by atoms with Gasteiger partial charge in [-0.2, -0.15) is 0 Å². The Hall–Kier alpha value is -2.13. The molecule has 0 bridgehead atoms. The van der Waals surface area contributed by atoms with Crippen LogP contribution in [0.4, 0.5) is 15.6 Å². The molecule has 1 fully saturated rings. The average Bonchev–Trinajstić information content (AvgIpc) is 3.15. The zero-order chi connectivity index (χ0) is 17.1. The van der Waals surface area contributed by atoms with Crippen LogP contribution in [0, 0.1) is 6.92 Å². The summed E-state index contributed by atoms with van der Waals surface area (Å²) in [6, 6.07) is 7.64. The van der Waals surface area contributed by atoms with Crippen molar-refractivity contribution in [3.8, 4) is 0 Å². The van der Waals surface area contributed by atoms with E-state index in [0.717, 1.165) is 11.3 Å². The second kappa shape index (κ2) is 7.18. The molecule has 0 unspecified atom stereocenters. The molecule has 24 heavy (non-hydrogen) atoms. The summed E-state index contributed by atoms with van der Waals surface area (Å²) in [6.07, 6.45) is 0. The SMILES string of the molecule is Cc1cccc(Nc2nnc(S[C@H](C)C(=O)N3CCNC3=O)s2)c1.